The van der Waals surface area contributed by atoms with Gasteiger partial charge >= 0.3 is 5.97 Å². The Labute approximate surface area is 85.0 Å². The lowest BCUT2D eigenvalue weighted by Gasteiger charge is -2.10. The predicted octanol–water partition coefficient (Wildman–Crippen LogP) is 1.10. The van der Waals surface area contributed by atoms with Crippen molar-refractivity contribution < 1.29 is 14.3 Å². The van der Waals surface area contributed by atoms with Crippen molar-refractivity contribution in [1.82, 2.24) is 5.32 Å². The molecule has 82 valence electrons. The fourth-order valence-electron chi connectivity index (χ4n) is 0.916. The van der Waals surface area contributed by atoms with E-state index in [0.29, 0.717) is 13.2 Å². The second kappa shape index (κ2) is 7.35. The zero-order valence-electron chi connectivity index (χ0n) is 9.13. The van der Waals surface area contributed by atoms with Gasteiger partial charge in [0.05, 0.1) is 6.61 Å². The number of hydrogen-bond acceptors (Lipinski definition) is 3. The van der Waals surface area contributed by atoms with Crippen LogP contribution < -0.4 is 5.32 Å². The number of hydrogen-bond donors (Lipinski definition) is 1. The molecule has 0 aliphatic rings. The van der Waals surface area contributed by atoms with Crippen LogP contribution in [-0.4, -0.2) is 25.0 Å². The fraction of sp³-hybridized carbons (Fsp3) is 0.800. The molecular weight excluding hydrogens is 182 g/mol. The lowest BCUT2D eigenvalue weighted by molar-refractivity contribution is -0.151. The fourth-order valence-corrected chi connectivity index (χ4v) is 0.916. The van der Waals surface area contributed by atoms with Crippen LogP contribution in [0.15, 0.2) is 0 Å². The third-order valence-corrected chi connectivity index (χ3v) is 1.86. The van der Waals surface area contributed by atoms with Crippen LogP contribution in [0.1, 0.15) is 33.6 Å². The number of unbranched alkanes of at least 4 members (excludes halogenated alkanes) is 1. The van der Waals surface area contributed by atoms with Gasteiger partial charge in [0.15, 0.2) is 0 Å². The van der Waals surface area contributed by atoms with Crippen LogP contribution >= 0.6 is 0 Å². The van der Waals surface area contributed by atoms with E-state index < -0.39 is 11.9 Å². The smallest absolute Gasteiger partial charge is 0.318 e. The highest BCUT2D eigenvalue weighted by atomic mass is 16.5. The summed E-state index contributed by atoms with van der Waals surface area (Å²) in [7, 11) is 0. The van der Waals surface area contributed by atoms with Crippen LogP contribution in [0.3, 0.4) is 0 Å². The largest absolute Gasteiger partial charge is 0.465 e. The van der Waals surface area contributed by atoms with E-state index in [1.54, 1.807) is 13.8 Å². The molecular formula is C10H19NO3. The van der Waals surface area contributed by atoms with Crippen molar-refractivity contribution in [2.75, 3.05) is 13.2 Å². The van der Waals surface area contributed by atoms with Gasteiger partial charge in [-0.15, -0.1) is 0 Å². The van der Waals surface area contributed by atoms with Gasteiger partial charge in [0.2, 0.25) is 5.91 Å². The minimum Gasteiger partial charge on any atom is -0.465 e. The van der Waals surface area contributed by atoms with Crippen molar-refractivity contribution in [3.63, 3.8) is 0 Å². The van der Waals surface area contributed by atoms with E-state index in [1.165, 1.54) is 0 Å². The molecule has 1 unspecified atom stereocenters. The first-order valence-electron chi connectivity index (χ1n) is 5.07. The third-order valence-electron chi connectivity index (χ3n) is 1.86. The second-order valence-corrected chi connectivity index (χ2v) is 3.12. The molecule has 0 heterocycles. The number of esters is 1. The van der Waals surface area contributed by atoms with Gasteiger partial charge in [-0.25, -0.2) is 0 Å². The molecule has 4 nitrogen and oxygen atoms in total. The summed E-state index contributed by atoms with van der Waals surface area (Å²) in [6.07, 6.45) is 1.95. The Morgan fingerprint density at radius 3 is 2.50 bits per heavy atom. The number of rotatable bonds is 6. The van der Waals surface area contributed by atoms with Crippen LogP contribution in [0.2, 0.25) is 0 Å². The van der Waals surface area contributed by atoms with Crippen LogP contribution in [0.25, 0.3) is 0 Å². The van der Waals surface area contributed by atoms with E-state index in [0.717, 1.165) is 12.8 Å². The molecule has 1 atom stereocenters. The van der Waals surface area contributed by atoms with E-state index in [-0.39, 0.29) is 5.91 Å². The molecule has 0 saturated heterocycles. The van der Waals surface area contributed by atoms with E-state index in [4.69, 9.17) is 4.74 Å². The van der Waals surface area contributed by atoms with Gasteiger partial charge in [-0.05, 0) is 20.3 Å². The summed E-state index contributed by atoms with van der Waals surface area (Å²) >= 11 is 0. The zero-order chi connectivity index (χ0) is 11.0. The SMILES string of the molecule is CCCCNC(=O)C(C)C(=O)OCC. The van der Waals surface area contributed by atoms with Crippen LogP contribution in [-0.2, 0) is 14.3 Å². The summed E-state index contributed by atoms with van der Waals surface area (Å²) in [5, 5.41) is 2.68. The molecule has 0 bridgehead atoms. The molecule has 0 aliphatic carbocycles. The Kier molecular flexibility index (Phi) is 6.80. The zero-order valence-corrected chi connectivity index (χ0v) is 9.13. The van der Waals surface area contributed by atoms with Crippen LogP contribution in [0.4, 0.5) is 0 Å². The van der Waals surface area contributed by atoms with Gasteiger partial charge in [-0.1, -0.05) is 13.3 Å². The molecule has 14 heavy (non-hydrogen) atoms. The first kappa shape index (κ1) is 12.9. The average Bonchev–Trinajstić information content (AvgIpc) is 2.17. The maximum Gasteiger partial charge on any atom is 0.318 e. The summed E-state index contributed by atoms with van der Waals surface area (Å²) in [6, 6.07) is 0. The summed E-state index contributed by atoms with van der Waals surface area (Å²) in [5.41, 5.74) is 0. The molecule has 1 N–H and O–H groups in total. The second-order valence-electron chi connectivity index (χ2n) is 3.12. The monoisotopic (exact) mass is 201 g/mol. The molecule has 0 rings (SSSR count). The van der Waals surface area contributed by atoms with Crippen molar-refractivity contribution in [2.24, 2.45) is 5.92 Å². The Bertz CT molecular complexity index is 192. The third kappa shape index (κ3) is 4.84. The van der Waals surface area contributed by atoms with E-state index in [2.05, 4.69) is 5.32 Å². The molecule has 0 aromatic rings. The van der Waals surface area contributed by atoms with Gasteiger partial charge in [-0.2, -0.15) is 0 Å². The molecule has 1 amide bonds. The number of carbonyl (C=O) groups is 2. The topological polar surface area (TPSA) is 55.4 Å². The highest BCUT2D eigenvalue weighted by molar-refractivity contribution is 5.97. The predicted molar refractivity (Wildman–Crippen MR) is 53.7 cm³/mol. The van der Waals surface area contributed by atoms with Gasteiger partial charge in [0.25, 0.3) is 0 Å². The first-order chi connectivity index (χ1) is 6.63. The maximum atomic E-state index is 11.3. The highest BCUT2D eigenvalue weighted by Crippen LogP contribution is 1.98. The van der Waals surface area contributed by atoms with Gasteiger partial charge < -0.3 is 10.1 Å². The van der Waals surface area contributed by atoms with Crippen molar-refractivity contribution in [3.8, 4) is 0 Å². The molecule has 0 aromatic heterocycles. The summed E-state index contributed by atoms with van der Waals surface area (Å²) in [5.74, 6) is -1.41. The summed E-state index contributed by atoms with van der Waals surface area (Å²) in [6.45, 7) is 6.25. The van der Waals surface area contributed by atoms with Gasteiger partial charge in [0.1, 0.15) is 5.92 Å². The van der Waals surface area contributed by atoms with Crippen molar-refractivity contribution in [1.29, 1.82) is 0 Å². The molecule has 0 aliphatic heterocycles. The van der Waals surface area contributed by atoms with E-state index in [9.17, 15) is 9.59 Å². The quantitative estimate of drug-likeness (QED) is 0.398. The molecule has 0 saturated carbocycles. The summed E-state index contributed by atoms with van der Waals surface area (Å²) in [4.78, 5) is 22.5. The molecule has 0 radical (unpaired) electrons. The Morgan fingerprint density at radius 2 is 2.00 bits per heavy atom. The molecule has 0 fully saturated rings. The van der Waals surface area contributed by atoms with Crippen molar-refractivity contribution in [2.45, 2.75) is 33.6 Å². The average molecular weight is 201 g/mol. The minimum atomic E-state index is -0.702. The Balaban J connectivity index is 3.80. The van der Waals surface area contributed by atoms with Gasteiger partial charge in [0, 0.05) is 6.54 Å². The maximum absolute atomic E-state index is 11.3. The van der Waals surface area contributed by atoms with Crippen molar-refractivity contribution >= 4 is 11.9 Å². The van der Waals surface area contributed by atoms with Crippen LogP contribution in [0.5, 0.6) is 0 Å². The number of amides is 1. The standard InChI is InChI=1S/C10H19NO3/c1-4-6-7-11-9(12)8(3)10(13)14-5-2/h8H,4-7H2,1-3H3,(H,11,12). The van der Waals surface area contributed by atoms with Crippen LogP contribution in [0, 0.1) is 5.92 Å². The van der Waals surface area contributed by atoms with Gasteiger partial charge in [-0.3, -0.25) is 9.59 Å². The van der Waals surface area contributed by atoms with Crippen molar-refractivity contribution in [3.05, 3.63) is 0 Å². The summed E-state index contributed by atoms with van der Waals surface area (Å²) < 4.78 is 4.73. The molecule has 0 aromatic carbocycles. The molecule has 0 spiro atoms. The Hall–Kier alpha value is -1.06. The number of ether oxygens (including phenoxy) is 1. The van der Waals surface area contributed by atoms with E-state index in [1.807, 2.05) is 6.92 Å². The van der Waals surface area contributed by atoms with E-state index >= 15 is 0 Å². The lowest BCUT2D eigenvalue weighted by atomic mass is 10.1. The minimum absolute atomic E-state index is 0.253. The Morgan fingerprint density at radius 1 is 1.36 bits per heavy atom. The molecule has 4 heteroatoms. The first-order valence-corrected chi connectivity index (χ1v) is 5.07. The number of nitrogens with one attached hydrogen (secondary N) is 1. The highest BCUT2D eigenvalue weighted by Gasteiger charge is 2.21. The lowest BCUT2D eigenvalue weighted by Crippen LogP contribution is -2.35. The number of carbonyl (C=O) groups excluding carboxylic acids is 2. The normalized spacial score (nSPS) is 11.9.